The summed E-state index contributed by atoms with van der Waals surface area (Å²) in [6, 6.07) is 0. The Bertz CT molecular complexity index is 130. The van der Waals surface area contributed by atoms with E-state index in [-0.39, 0.29) is 19.4 Å². The molecule has 0 rings (SSSR count). The third-order valence-electron chi connectivity index (χ3n) is 0.740. The molecule has 0 amide bonds. The Hall–Kier alpha value is -1.10. The summed E-state index contributed by atoms with van der Waals surface area (Å²) in [6.07, 6.45) is -1.45. The molecule has 0 unspecified atom stereocenters. The molecule has 0 radical (unpaired) electrons. The lowest BCUT2D eigenvalue weighted by Gasteiger charge is -1.94. The van der Waals surface area contributed by atoms with Gasteiger partial charge < -0.3 is 14.9 Å². The molecule has 0 spiro atoms. The van der Waals surface area contributed by atoms with Crippen molar-refractivity contribution in [2.45, 2.75) is 12.8 Å². The summed E-state index contributed by atoms with van der Waals surface area (Å²) < 4.78 is 3.72. The van der Waals surface area contributed by atoms with Crippen LogP contribution in [0.5, 0.6) is 0 Å². The molecule has 0 saturated carbocycles. The number of carbonyl (C=O) groups excluding carboxylic acids is 1. The zero-order chi connectivity index (χ0) is 7.98. The Morgan fingerprint density at radius 2 is 2.00 bits per heavy atom. The highest BCUT2D eigenvalue weighted by Crippen LogP contribution is 1.91. The van der Waals surface area contributed by atoms with Crippen LogP contribution in [0.4, 0.5) is 4.79 Å². The first-order valence-electron chi connectivity index (χ1n) is 2.71. The van der Waals surface area contributed by atoms with E-state index in [0.717, 1.165) is 0 Å². The fraction of sp³-hybridized carbons (Fsp3) is 0.600. The van der Waals surface area contributed by atoms with Gasteiger partial charge in [-0.15, -0.1) is 0 Å². The monoisotopic (exact) mass is 148 g/mol. The van der Waals surface area contributed by atoms with Crippen molar-refractivity contribution in [2.24, 2.45) is 0 Å². The van der Waals surface area contributed by atoms with Crippen molar-refractivity contribution in [2.75, 3.05) is 6.61 Å². The quantitative estimate of drug-likeness (QED) is 0.434. The number of aliphatic hydroxyl groups is 1. The van der Waals surface area contributed by atoms with Crippen LogP contribution in [0.2, 0.25) is 0 Å². The summed E-state index contributed by atoms with van der Waals surface area (Å²) in [7, 11) is 0. The molecule has 0 aliphatic carbocycles. The van der Waals surface area contributed by atoms with E-state index in [1.165, 1.54) is 0 Å². The number of hydrogen-bond acceptors (Lipinski definition) is 4. The second kappa shape index (κ2) is 4.75. The van der Waals surface area contributed by atoms with Crippen LogP contribution >= 0.6 is 0 Å². The van der Waals surface area contributed by atoms with Crippen molar-refractivity contribution in [3.05, 3.63) is 0 Å². The lowest BCUT2D eigenvalue weighted by Crippen LogP contribution is -2.09. The minimum Gasteiger partial charge on any atom is -0.449 e. The highest BCUT2D eigenvalue weighted by atomic mass is 16.7. The predicted octanol–water partition coefficient (Wildman–Crippen LogP) is -0.0199. The third-order valence-corrected chi connectivity index (χ3v) is 0.740. The van der Waals surface area contributed by atoms with Gasteiger partial charge in [0, 0.05) is 13.0 Å². The normalized spacial score (nSPS) is 8.90. The van der Waals surface area contributed by atoms with Crippen molar-refractivity contribution >= 4 is 12.1 Å². The highest BCUT2D eigenvalue weighted by molar-refractivity contribution is 5.80. The Kier molecular flexibility index (Phi) is 4.23. The number of aliphatic hydroxyl groups excluding tert-OH is 1. The van der Waals surface area contributed by atoms with Crippen LogP contribution in [0.3, 0.4) is 0 Å². The van der Waals surface area contributed by atoms with Crippen molar-refractivity contribution in [3.8, 4) is 0 Å². The lowest BCUT2D eigenvalue weighted by atomic mass is 10.3. The van der Waals surface area contributed by atoms with Gasteiger partial charge in [-0.25, -0.2) is 4.79 Å². The van der Waals surface area contributed by atoms with Gasteiger partial charge in [0.1, 0.15) is 0 Å². The van der Waals surface area contributed by atoms with E-state index in [4.69, 9.17) is 10.2 Å². The molecule has 0 aliphatic rings. The minimum atomic E-state index is -1.61. The number of hydrogen-bond donors (Lipinski definition) is 2. The molecule has 0 aromatic carbocycles. The Labute approximate surface area is 57.2 Å². The van der Waals surface area contributed by atoms with E-state index in [1.807, 2.05) is 0 Å². The van der Waals surface area contributed by atoms with Gasteiger partial charge in [0.05, 0.1) is 0 Å². The molecule has 0 saturated heterocycles. The predicted molar refractivity (Wildman–Crippen MR) is 30.4 cm³/mol. The zero-order valence-corrected chi connectivity index (χ0v) is 5.24. The van der Waals surface area contributed by atoms with Gasteiger partial charge in [-0.1, -0.05) is 0 Å². The maximum Gasteiger partial charge on any atom is 0.513 e. The topological polar surface area (TPSA) is 83.8 Å². The molecule has 58 valence electrons. The van der Waals surface area contributed by atoms with Crippen LogP contribution in [0.15, 0.2) is 0 Å². The largest absolute Gasteiger partial charge is 0.513 e. The average molecular weight is 148 g/mol. The van der Waals surface area contributed by atoms with Crippen LogP contribution in [0, 0.1) is 0 Å². The standard InChI is InChI=1S/C5H8O5/c6-3-1-2-4(7)10-5(8)9/h6H,1-3H2,(H,8,9). The van der Waals surface area contributed by atoms with Crippen LogP contribution in [0.25, 0.3) is 0 Å². The molecule has 2 N–H and O–H groups in total. The number of esters is 1. The molecule has 0 bridgehead atoms. The first-order chi connectivity index (χ1) is 4.66. The summed E-state index contributed by atoms with van der Waals surface area (Å²) in [4.78, 5) is 20.0. The summed E-state index contributed by atoms with van der Waals surface area (Å²) >= 11 is 0. The van der Waals surface area contributed by atoms with Gasteiger partial charge in [-0.05, 0) is 6.42 Å². The molecule has 0 heterocycles. The summed E-state index contributed by atoms with van der Waals surface area (Å²) in [6.45, 7) is -0.144. The number of carboxylic acid groups (broad SMARTS) is 1. The van der Waals surface area contributed by atoms with Crippen molar-refractivity contribution in [1.29, 1.82) is 0 Å². The maximum atomic E-state index is 10.3. The molecule has 0 atom stereocenters. The Morgan fingerprint density at radius 3 is 2.40 bits per heavy atom. The second-order valence-corrected chi connectivity index (χ2v) is 1.57. The van der Waals surface area contributed by atoms with Gasteiger partial charge in [0.15, 0.2) is 0 Å². The fourth-order valence-corrected chi connectivity index (χ4v) is 0.372. The highest BCUT2D eigenvalue weighted by Gasteiger charge is 2.06. The van der Waals surface area contributed by atoms with Gasteiger partial charge >= 0.3 is 12.1 Å². The van der Waals surface area contributed by atoms with Crippen LogP contribution < -0.4 is 0 Å². The van der Waals surface area contributed by atoms with E-state index >= 15 is 0 Å². The second-order valence-electron chi connectivity index (χ2n) is 1.57. The van der Waals surface area contributed by atoms with E-state index in [2.05, 4.69) is 4.74 Å². The molecular formula is C5H8O5. The molecular weight excluding hydrogens is 140 g/mol. The first-order valence-corrected chi connectivity index (χ1v) is 2.71. The molecule has 5 heteroatoms. The third kappa shape index (κ3) is 5.04. The summed E-state index contributed by atoms with van der Waals surface area (Å²) in [5.74, 6) is -0.832. The molecule has 0 fully saturated rings. The van der Waals surface area contributed by atoms with Gasteiger partial charge in [0.2, 0.25) is 0 Å². The van der Waals surface area contributed by atoms with Crippen molar-refractivity contribution < 1.29 is 24.5 Å². The Balaban J connectivity index is 3.35. The Morgan fingerprint density at radius 1 is 1.40 bits per heavy atom. The average Bonchev–Trinajstić information content (AvgIpc) is 1.82. The van der Waals surface area contributed by atoms with E-state index < -0.39 is 12.1 Å². The smallest absolute Gasteiger partial charge is 0.449 e. The van der Waals surface area contributed by atoms with Gasteiger partial charge in [0.25, 0.3) is 0 Å². The van der Waals surface area contributed by atoms with E-state index in [9.17, 15) is 9.59 Å². The molecule has 0 aromatic rings. The van der Waals surface area contributed by atoms with Gasteiger partial charge in [-0.3, -0.25) is 4.79 Å². The number of rotatable bonds is 3. The van der Waals surface area contributed by atoms with E-state index in [1.54, 1.807) is 0 Å². The molecule has 5 nitrogen and oxygen atoms in total. The van der Waals surface area contributed by atoms with Crippen LogP contribution in [-0.4, -0.2) is 28.9 Å². The number of ether oxygens (including phenoxy) is 1. The molecule has 10 heavy (non-hydrogen) atoms. The first kappa shape index (κ1) is 8.90. The van der Waals surface area contributed by atoms with Crippen LogP contribution in [-0.2, 0) is 9.53 Å². The molecule has 0 aromatic heterocycles. The molecule has 0 aliphatic heterocycles. The van der Waals surface area contributed by atoms with Crippen molar-refractivity contribution in [3.63, 3.8) is 0 Å². The van der Waals surface area contributed by atoms with Crippen molar-refractivity contribution in [1.82, 2.24) is 0 Å². The SMILES string of the molecule is O=C(O)OC(=O)CCCO. The lowest BCUT2D eigenvalue weighted by molar-refractivity contribution is -0.139. The maximum absolute atomic E-state index is 10.3. The fourth-order valence-electron chi connectivity index (χ4n) is 0.372. The number of carbonyl (C=O) groups is 2. The summed E-state index contributed by atoms with van der Waals surface area (Å²) in [5, 5.41) is 16.1. The summed E-state index contributed by atoms with van der Waals surface area (Å²) in [5.41, 5.74) is 0. The minimum absolute atomic E-state index is 0.0667. The zero-order valence-electron chi connectivity index (χ0n) is 5.24. The van der Waals surface area contributed by atoms with Crippen LogP contribution in [0.1, 0.15) is 12.8 Å². The van der Waals surface area contributed by atoms with Gasteiger partial charge in [-0.2, -0.15) is 0 Å². The van der Waals surface area contributed by atoms with E-state index in [0.29, 0.717) is 0 Å².